The number of ether oxygens (including phenoxy) is 2. The molecule has 28 heavy (non-hydrogen) atoms. The Bertz CT molecular complexity index is 1010. The van der Waals surface area contributed by atoms with Gasteiger partial charge in [-0.05, 0) is 36.8 Å². The molecule has 3 heterocycles. The molecule has 0 unspecified atom stereocenters. The van der Waals surface area contributed by atoms with Crippen LogP contribution >= 0.6 is 22.9 Å². The summed E-state index contributed by atoms with van der Waals surface area (Å²) in [5.74, 6) is 0.994. The number of nitrogens with zero attached hydrogens (tertiary/aromatic N) is 2. The number of benzene rings is 1. The summed E-state index contributed by atoms with van der Waals surface area (Å²) in [6.07, 6.45) is 2.51. The van der Waals surface area contributed by atoms with Gasteiger partial charge in [0.1, 0.15) is 9.88 Å². The van der Waals surface area contributed by atoms with Crippen LogP contribution in [0.3, 0.4) is 0 Å². The molecule has 8 heteroatoms. The highest BCUT2D eigenvalue weighted by Crippen LogP contribution is 2.38. The van der Waals surface area contributed by atoms with Crippen molar-refractivity contribution < 1.29 is 14.3 Å². The molecule has 0 saturated carbocycles. The van der Waals surface area contributed by atoms with E-state index in [9.17, 15) is 4.79 Å². The molecule has 0 spiro atoms. The van der Waals surface area contributed by atoms with Gasteiger partial charge in [-0.1, -0.05) is 17.7 Å². The highest BCUT2D eigenvalue weighted by Gasteiger charge is 2.18. The fraction of sp³-hybridized carbons (Fsp3) is 0.250. The zero-order valence-corrected chi connectivity index (χ0v) is 16.8. The number of aromatic nitrogens is 2. The van der Waals surface area contributed by atoms with Crippen molar-refractivity contribution in [2.24, 2.45) is 0 Å². The summed E-state index contributed by atoms with van der Waals surface area (Å²) in [6, 6.07) is 9.25. The minimum atomic E-state index is -0.180. The Hall–Kier alpha value is -2.64. The van der Waals surface area contributed by atoms with Crippen LogP contribution in [0.5, 0.6) is 11.5 Å². The van der Waals surface area contributed by atoms with E-state index in [1.807, 2.05) is 31.2 Å². The second kappa shape index (κ2) is 8.16. The van der Waals surface area contributed by atoms with E-state index in [0.717, 1.165) is 22.7 Å². The normalized spacial score (nSPS) is 13.1. The van der Waals surface area contributed by atoms with Crippen molar-refractivity contribution in [2.75, 3.05) is 13.2 Å². The highest BCUT2D eigenvalue weighted by molar-refractivity contribution is 7.17. The van der Waals surface area contributed by atoms with Gasteiger partial charge in [0.05, 0.1) is 29.6 Å². The second-order valence-electron chi connectivity index (χ2n) is 6.29. The Morgan fingerprint density at radius 3 is 2.96 bits per heavy atom. The maximum absolute atomic E-state index is 12.7. The molecule has 0 atom stereocenters. The Balaban J connectivity index is 1.49. The first-order valence-electron chi connectivity index (χ1n) is 8.87. The smallest absolute Gasteiger partial charge is 0.263 e. The lowest BCUT2D eigenvalue weighted by Gasteiger charge is -2.12. The van der Waals surface area contributed by atoms with Crippen molar-refractivity contribution in [3.8, 4) is 22.2 Å². The van der Waals surface area contributed by atoms with Gasteiger partial charge in [-0.25, -0.2) is 4.98 Å². The molecule has 1 aliphatic rings. The second-order valence-corrected chi connectivity index (χ2v) is 7.69. The number of amides is 1. The summed E-state index contributed by atoms with van der Waals surface area (Å²) >= 11 is 7.64. The Kier molecular flexibility index (Phi) is 5.45. The molecule has 0 saturated heterocycles. The van der Waals surface area contributed by atoms with Gasteiger partial charge in [-0.3, -0.25) is 9.78 Å². The van der Waals surface area contributed by atoms with Gasteiger partial charge in [-0.2, -0.15) is 0 Å². The quantitative estimate of drug-likeness (QED) is 0.689. The lowest BCUT2D eigenvalue weighted by atomic mass is 10.2. The molecule has 1 aliphatic heterocycles. The zero-order chi connectivity index (χ0) is 19.5. The molecular weight excluding hydrogens is 398 g/mol. The van der Waals surface area contributed by atoms with Crippen molar-refractivity contribution in [3.63, 3.8) is 0 Å². The van der Waals surface area contributed by atoms with Crippen LogP contribution in [-0.2, 0) is 6.54 Å². The molecule has 1 amide bonds. The van der Waals surface area contributed by atoms with Crippen molar-refractivity contribution in [2.45, 2.75) is 19.9 Å². The Labute approximate surface area is 171 Å². The van der Waals surface area contributed by atoms with Gasteiger partial charge in [0.15, 0.2) is 11.5 Å². The third-order valence-electron chi connectivity index (χ3n) is 4.20. The van der Waals surface area contributed by atoms with Gasteiger partial charge in [-0.15, -0.1) is 11.3 Å². The lowest BCUT2D eigenvalue weighted by molar-refractivity contribution is 0.0954. The molecule has 2 aromatic heterocycles. The third-order valence-corrected chi connectivity index (χ3v) is 5.66. The summed E-state index contributed by atoms with van der Waals surface area (Å²) in [5, 5.41) is 4.13. The van der Waals surface area contributed by atoms with Crippen LogP contribution in [0.4, 0.5) is 0 Å². The number of thiazole rings is 1. The summed E-state index contributed by atoms with van der Waals surface area (Å²) in [5.41, 5.74) is 2.28. The van der Waals surface area contributed by atoms with Gasteiger partial charge < -0.3 is 14.8 Å². The molecule has 0 aliphatic carbocycles. The summed E-state index contributed by atoms with van der Waals surface area (Å²) in [6.45, 7) is 3.30. The maximum Gasteiger partial charge on any atom is 0.263 e. The van der Waals surface area contributed by atoms with Crippen molar-refractivity contribution in [3.05, 3.63) is 57.7 Å². The molecule has 144 valence electrons. The van der Waals surface area contributed by atoms with E-state index in [4.69, 9.17) is 21.1 Å². The summed E-state index contributed by atoms with van der Waals surface area (Å²) < 4.78 is 11.3. The van der Waals surface area contributed by atoms with Crippen molar-refractivity contribution in [1.82, 2.24) is 15.3 Å². The molecule has 0 bridgehead atoms. The maximum atomic E-state index is 12.7. The number of carbonyl (C=O) groups excluding carboxylic acids is 1. The Morgan fingerprint density at radius 2 is 2.14 bits per heavy atom. The van der Waals surface area contributed by atoms with E-state index in [1.165, 1.54) is 11.3 Å². The highest BCUT2D eigenvalue weighted by atomic mass is 35.5. The fourth-order valence-corrected chi connectivity index (χ4v) is 4.10. The molecule has 0 fully saturated rings. The fourth-order valence-electron chi connectivity index (χ4n) is 2.85. The number of aryl methyl sites for hydroxylation is 1. The zero-order valence-electron chi connectivity index (χ0n) is 15.2. The summed E-state index contributed by atoms with van der Waals surface area (Å²) in [4.78, 5) is 22.0. The number of halogens is 1. The van der Waals surface area contributed by atoms with E-state index in [1.54, 1.807) is 12.3 Å². The van der Waals surface area contributed by atoms with E-state index in [2.05, 4.69) is 15.3 Å². The number of fused-ring (bicyclic) bond motifs is 1. The van der Waals surface area contributed by atoms with E-state index < -0.39 is 0 Å². The molecule has 0 radical (unpaired) electrons. The van der Waals surface area contributed by atoms with Crippen LogP contribution in [0.25, 0.3) is 10.7 Å². The van der Waals surface area contributed by atoms with E-state index in [0.29, 0.717) is 46.9 Å². The monoisotopic (exact) mass is 415 g/mol. The number of hydrogen-bond donors (Lipinski definition) is 1. The number of rotatable bonds is 4. The van der Waals surface area contributed by atoms with Crippen LogP contribution in [0.15, 0.2) is 36.5 Å². The topological polar surface area (TPSA) is 73.3 Å². The predicted octanol–water partition coefficient (Wildman–Crippen LogP) is 4.26. The predicted molar refractivity (Wildman–Crippen MR) is 108 cm³/mol. The van der Waals surface area contributed by atoms with Crippen LogP contribution in [0, 0.1) is 6.92 Å². The number of nitrogens with one attached hydrogen (secondary N) is 1. The van der Waals surface area contributed by atoms with E-state index >= 15 is 0 Å². The van der Waals surface area contributed by atoms with Crippen molar-refractivity contribution in [1.29, 1.82) is 0 Å². The molecular formula is C20H18ClN3O3S. The van der Waals surface area contributed by atoms with Crippen LogP contribution < -0.4 is 14.8 Å². The molecule has 3 aromatic rings. The minimum absolute atomic E-state index is 0.180. The summed E-state index contributed by atoms with van der Waals surface area (Å²) in [7, 11) is 0. The molecule has 4 rings (SSSR count). The Morgan fingerprint density at radius 1 is 1.29 bits per heavy atom. The van der Waals surface area contributed by atoms with Gasteiger partial charge in [0, 0.05) is 19.2 Å². The van der Waals surface area contributed by atoms with E-state index in [-0.39, 0.29) is 5.91 Å². The first-order chi connectivity index (χ1) is 13.6. The SMILES string of the molecule is Cc1nc(-c2ccccn2)sc1C(=O)NCc1cc(Cl)c2c(c1)OCCCO2. The molecule has 1 aromatic carbocycles. The first-order valence-corrected chi connectivity index (χ1v) is 10.1. The number of pyridine rings is 1. The third kappa shape index (κ3) is 3.95. The van der Waals surface area contributed by atoms with Gasteiger partial charge in [0.25, 0.3) is 5.91 Å². The average molecular weight is 416 g/mol. The minimum Gasteiger partial charge on any atom is -0.489 e. The first kappa shape index (κ1) is 18.7. The largest absolute Gasteiger partial charge is 0.489 e. The molecule has 1 N–H and O–H groups in total. The van der Waals surface area contributed by atoms with Crippen LogP contribution in [0.1, 0.15) is 27.3 Å². The van der Waals surface area contributed by atoms with Gasteiger partial charge in [0.2, 0.25) is 0 Å². The van der Waals surface area contributed by atoms with Crippen LogP contribution in [-0.4, -0.2) is 29.1 Å². The van der Waals surface area contributed by atoms with Crippen molar-refractivity contribution >= 4 is 28.8 Å². The average Bonchev–Trinajstić information content (AvgIpc) is 2.93. The molecule has 6 nitrogen and oxygen atoms in total. The van der Waals surface area contributed by atoms with Gasteiger partial charge >= 0.3 is 0 Å². The van der Waals surface area contributed by atoms with Crippen LogP contribution in [0.2, 0.25) is 5.02 Å². The number of hydrogen-bond acceptors (Lipinski definition) is 6. The standard InChI is InChI=1S/C20H18ClN3O3S/c1-12-18(28-20(24-12)15-5-2-3-6-22-15)19(25)23-11-13-9-14(21)17-16(10-13)26-7-4-8-27-17/h2-3,5-6,9-10H,4,7-8,11H2,1H3,(H,23,25). The number of carbonyl (C=O) groups is 1. The lowest BCUT2D eigenvalue weighted by Crippen LogP contribution is -2.22.